The van der Waals surface area contributed by atoms with E-state index in [1.165, 1.54) is 6.07 Å². The molecular weight excluding hydrogens is 243 g/mol. The van der Waals surface area contributed by atoms with Gasteiger partial charge in [-0.3, -0.25) is 4.79 Å². The molecule has 2 unspecified atom stereocenters. The van der Waals surface area contributed by atoms with E-state index >= 15 is 0 Å². The minimum Gasteiger partial charge on any atom is -0.338 e. The first-order valence-corrected chi connectivity index (χ1v) is 6.70. The van der Waals surface area contributed by atoms with Crippen molar-refractivity contribution >= 4 is 5.91 Å². The van der Waals surface area contributed by atoms with Crippen LogP contribution in [0.3, 0.4) is 0 Å². The molecular formula is C15H23FN2O. The Bertz CT molecular complexity index is 422. The van der Waals surface area contributed by atoms with E-state index in [4.69, 9.17) is 0 Å². The standard InChI is InChI=1S/C15H23FN2O/c1-5-11(2)17-10-15(19)18(4)12(3)13-8-6-7-9-14(13)16/h6-9,11-12,17H,5,10H2,1-4H3. The van der Waals surface area contributed by atoms with Crippen molar-refractivity contribution < 1.29 is 9.18 Å². The van der Waals surface area contributed by atoms with Crippen LogP contribution in [-0.2, 0) is 4.79 Å². The lowest BCUT2D eigenvalue weighted by Gasteiger charge is -2.26. The number of nitrogens with zero attached hydrogens (tertiary/aromatic N) is 1. The molecule has 2 atom stereocenters. The molecule has 0 radical (unpaired) electrons. The van der Waals surface area contributed by atoms with Crippen LogP contribution in [0.15, 0.2) is 24.3 Å². The van der Waals surface area contributed by atoms with E-state index in [0.29, 0.717) is 11.6 Å². The fraction of sp³-hybridized carbons (Fsp3) is 0.533. The summed E-state index contributed by atoms with van der Waals surface area (Å²) in [5, 5.41) is 3.15. The maximum absolute atomic E-state index is 13.7. The van der Waals surface area contributed by atoms with Crippen molar-refractivity contribution in [3.63, 3.8) is 0 Å². The maximum atomic E-state index is 13.7. The number of benzene rings is 1. The number of amides is 1. The van der Waals surface area contributed by atoms with E-state index in [9.17, 15) is 9.18 Å². The Morgan fingerprint density at radius 1 is 1.37 bits per heavy atom. The summed E-state index contributed by atoms with van der Waals surface area (Å²) >= 11 is 0. The third-order valence-electron chi connectivity index (χ3n) is 3.54. The third-order valence-corrected chi connectivity index (χ3v) is 3.54. The SMILES string of the molecule is CCC(C)NCC(=O)N(C)C(C)c1ccccc1F. The highest BCUT2D eigenvalue weighted by Gasteiger charge is 2.19. The van der Waals surface area contributed by atoms with Gasteiger partial charge in [-0.1, -0.05) is 25.1 Å². The molecule has 1 aromatic rings. The summed E-state index contributed by atoms with van der Waals surface area (Å²) in [7, 11) is 1.71. The Morgan fingerprint density at radius 2 is 2.00 bits per heavy atom. The van der Waals surface area contributed by atoms with E-state index in [0.717, 1.165) is 6.42 Å². The summed E-state index contributed by atoms with van der Waals surface area (Å²) in [5.41, 5.74) is 0.543. The van der Waals surface area contributed by atoms with Gasteiger partial charge in [-0.2, -0.15) is 0 Å². The first-order chi connectivity index (χ1) is 8.97. The molecule has 0 aliphatic rings. The molecule has 19 heavy (non-hydrogen) atoms. The highest BCUT2D eigenvalue weighted by molar-refractivity contribution is 5.78. The van der Waals surface area contributed by atoms with Crippen molar-refractivity contribution in [2.45, 2.75) is 39.3 Å². The fourth-order valence-electron chi connectivity index (χ4n) is 1.77. The topological polar surface area (TPSA) is 32.3 Å². The number of carbonyl (C=O) groups is 1. The van der Waals surface area contributed by atoms with Gasteiger partial charge in [0, 0.05) is 18.7 Å². The molecule has 0 saturated carbocycles. The number of hydrogen-bond acceptors (Lipinski definition) is 2. The molecule has 0 aromatic heterocycles. The van der Waals surface area contributed by atoms with Crippen molar-refractivity contribution in [1.82, 2.24) is 10.2 Å². The van der Waals surface area contributed by atoms with Crippen LogP contribution in [0.4, 0.5) is 4.39 Å². The number of nitrogens with one attached hydrogen (secondary N) is 1. The Balaban J connectivity index is 2.64. The number of rotatable bonds is 6. The highest BCUT2D eigenvalue weighted by atomic mass is 19.1. The van der Waals surface area contributed by atoms with Gasteiger partial charge < -0.3 is 10.2 Å². The third kappa shape index (κ3) is 4.31. The van der Waals surface area contributed by atoms with E-state index in [2.05, 4.69) is 12.2 Å². The van der Waals surface area contributed by atoms with Gasteiger partial charge in [0.1, 0.15) is 5.82 Å². The van der Waals surface area contributed by atoms with Crippen LogP contribution in [-0.4, -0.2) is 30.4 Å². The van der Waals surface area contributed by atoms with Gasteiger partial charge in [-0.05, 0) is 26.3 Å². The second-order valence-corrected chi connectivity index (χ2v) is 4.89. The van der Waals surface area contributed by atoms with Gasteiger partial charge in [0.05, 0.1) is 12.6 Å². The average Bonchev–Trinajstić information content (AvgIpc) is 2.43. The summed E-state index contributed by atoms with van der Waals surface area (Å²) in [6, 6.07) is 6.60. The zero-order chi connectivity index (χ0) is 14.4. The van der Waals surface area contributed by atoms with Crippen molar-refractivity contribution in [3.05, 3.63) is 35.6 Å². The molecule has 0 fully saturated rings. The van der Waals surface area contributed by atoms with Crippen LogP contribution in [0, 0.1) is 5.82 Å². The molecule has 0 bridgehead atoms. The average molecular weight is 266 g/mol. The van der Waals surface area contributed by atoms with Crippen molar-refractivity contribution in [3.8, 4) is 0 Å². The Hall–Kier alpha value is -1.42. The maximum Gasteiger partial charge on any atom is 0.236 e. The van der Waals surface area contributed by atoms with Gasteiger partial charge in [-0.15, -0.1) is 0 Å². The molecule has 1 aromatic carbocycles. The molecule has 0 heterocycles. The van der Waals surface area contributed by atoms with Crippen LogP contribution >= 0.6 is 0 Å². The summed E-state index contributed by atoms with van der Waals surface area (Å²) in [4.78, 5) is 13.6. The second-order valence-electron chi connectivity index (χ2n) is 4.89. The largest absolute Gasteiger partial charge is 0.338 e. The molecule has 1 amide bonds. The zero-order valence-corrected chi connectivity index (χ0v) is 12.1. The van der Waals surface area contributed by atoms with Gasteiger partial charge in [0.15, 0.2) is 0 Å². The first kappa shape index (κ1) is 15.6. The minimum absolute atomic E-state index is 0.0314. The van der Waals surface area contributed by atoms with E-state index in [-0.39, 0.29) is 24.3 Å². The second kappa shape index (κ2) is 7.24. The number of carbonyl (C=O) groups excluding carboxylic acids is 1. The normalized spacial score (nSPS) is 13.9. The molecule has 106 valence electrons. The van der Waals surface area contributed by atoms with Crippen molar-refractivity contribution in [2.24, 2.45) is 0 Å². The zero-order valence-electron chi connectivity index (χ0n) is 12.1. The molecule has 1 N–H and O–H groups in total. The number of likely N-dealkylation sites (N-methyl/N-ethyl adjacent to an activating group) is 1. The van der Waals surface area contributed by atoms with Gasteiger partial charge in [-0.25, -0.2) is 4.39 Å². The van der Waals surface area contributed by atoms with Crippen LogP contribution in [0.5, 0.6) is 0 Å². The summed E-state index contributed by atoms with van der Waals surface area (Å²) < 4.78 is 13.7. The van der Waals surface area contributed by atoms with Crippen LogP contribution in [0.1, 0.15) is 38.8 Å². The molecule has 1 rings (SSSR count). The lowest BCUT2D eigenvalue weighted by molar-refractivity contribution is -0.131. The van der Waals surface area contributed by atoms with E-state index in [1.807, 2.05) is 13.8 Å². The van der Waals surface area contributed by atoms with E-state index in [1.54, 1.807) is 30.1 Å². The lowest BCUT2D eigenvalue weighted by atomic mass is 10.1. The van der Waals surface area contributed by atoms with Gasteiger partial charge in [0.2, 0.25) is 5.91 Å². The number of halogens is 1. The lowest BCUT2D eigenvalue weighted by Crippen LogP contribution is -2.40. The predicted molar refractivity (Wildman–Crippen MR) is 75.3 cm³/mol. The molecule has 0 aliphatic carbocycles. The van der Waals surface area contributed by atoms with Crippen molar-refractivity contribution in [1.29, 1.82) is 0 Å². The Labute approximate surface area is 114 Å². The summed E-state index contributed by atoms with van der Waals surface area (Å²) in [6.45, 7) is 6.21. The predicted octanol–water partition coefficient (Wildman–Crippen LogP) is 2.73. The monoisotopic (exact) mass is 266 g/mol. The smallest absolute Gasteiger partial charge is 0.236 e. The van der Waals surface area contributed by atoms with Crippen LogP contribution in [0.25, 0.3) is 0 Å². The molecule has 4 heteroatoms. The van der Waals surface area contributed by atoms with Crippen LogP contribution < -0.4 is 5.32 Å². The molecule has 0 spiro atoms. The molecule has 0 aliphatic heterocycles. The molecule has 0 saturated heterocycles. The Kier molecular flexibility index (Phi) is 5.96. The highest BCUT2D eigenvalue weighted by Crippen LogP contribution is 2.21. The number of hydrogen-bond donors (Lipinski definition) is 1. The summed E-state index contributed by atoms with van der Waals surface area (Å²) in [5.74, 6) is -0.305. The first-order valence-electron chi connectivity index (χ1n) is 6.70. The van der Waals surface area contributed by atoms with Gasteiger partial charge in [0.25, 0.3) is 0 Å². The van der Waals surface area contributed by atoms with Gasteiger partial charge >= 0.3 is 0 Å². The Morgan fingerprint density at radius 3 is 2.58 bits per heavy atom. The summed E-state index contributed by atoms with van der Waals surface area (Å²) in [6.07, 6.45) is 0.972. The van der Waals surface area contributed by atoms with Crippen LogP contribution in [0.2, 0.25) is 0 Å². The minimum atomic E-state index is -0.274. The quantitative estimate of drug-likeness (QED) is 0.858. The fourth-order valence-corrected chi connectivity index (χ4v) is 1.77. The molecule has 3 nitrogen and oxygen atoms in total. The van der Waals surface area contributed by atoms with E-state index < -0.39 is 0 Å². The van der Waals surface area contributed by atoms with Crippen molar-refractivity contribution in [2.75, 3.05) is 13.6 Å².